The second kappa shape index (κ2) is 10.1. The molecule has 7 nitrogen and oxygen atoms in total. The maximum Gasteiger partial charge on any atom is 0.328 e. The zero-order chi connectivity index (χ0) is 23.2. The highest BCUT2D eigenvalue weighted by Gasteiger charge is 2.33. The van der Waals surface area contributed by atoms with Gasteiger partial charge in [-0.2, -0.15) is 0 Å². The third-order valence-corrected chi connectivity index (χ3v) is 5.51. The van der Waals surface area contributed by atoms with Crippen molar-refractivity contribution in [3.05, 3.63) is 101 Å². The van der Waals surface area contributed by atoms with E-state index in [0.717, 1.165) is 16.7 Å². The van der Waals surface area contributed by atoms with Crippen LogP contribution in [0, 0.1) is 0 Å². The molecule has 1 aliphatic heterocycles. The van der Waals surface area contributed by atoms with Gasteiger partial charge >= 0.3 is 5.97 Å². The number of fused-ring (bicyclic) bond motifs is 1. The maximum atomic E-state index is 13.2. The lowest BCUT2D eigenvalue weighted by molar-refractivity contribution is -0.145. The van der Waals surface area contributed by atoms with Gasteiger partial charge in [0.25, 0.3) is 11.8 Å². The van der Waals surface area contributed by atoms with Crippen LogP contribution in [-0.2, 0) is 29.0 Å². The number of nitrogens with one attached hydrogen (secondary N) is 1. The molecule has 1 aliphatic rings. The predicted molar refractivity (Wildman–Crippen MR) is 122 cm³/mol. The Morgan fingerprint density at radius 1 is 1.06 bits per heavy atom. The number of rotatable bonds is 8. The molecule has 168 valence electrons. The molecule has 1 atom stereocenters. The van der Waals surface area contributed by atoms with E-state index in [0.29, 0.717) is 25.1 Å². The summed E-state index contributed by atoms with van der Waals surface area (Å²) in [5.41, 5.74) is 3.23. The van der Waals surface area contributed by atoms with Crippen LogP contribution in [0.2, 0.25) is 0 Å². The van der Waals surface area contributed by atoms with Gasteiger partial charge in [0.1, 0.15) is 6.04 Å². The number of nitrogens with zero attached hydrogens (tertiary/aromatic N) is 2. The molecule has 0 spiro atoms. The Bertz CT molecular complexity index is 1150. The largest absolute Gasteiger partial charge is 0.464 e. The Morgan fingerprint density at radius 2 is 1.85 bits per heavy atom. The summed E-state index contributed by atoms with van der Waals surface area (Å²) in [5, 5.41) is 2.79. The number of esters is 1. The van der Waals surface area contributed by atoms with Gasteiger partial charge < -0.3 is 15.0 Å². The van der Waals surface area contributed by atoms with E-state index in [9.17, 15) is 14.4 Å². The minimum Gasteiger partial charge on any atom is -0.464 e. The summed E-state index contributed by atoms with van der Waals surface area (Å²) in [5.74, 6) is -1.19. The van der Waals surface area contributed by atoms with Crippen molar-refractivity contribution in [3.63, 3.8) is 0 Å². The average Bonchev–Trinajstić information content (AvgIpc) is 3.15. The highest BCUT2D eigenvalue weighted by molar-refractivity contribution is 6.10. The molecule has 0 radical (unpaired) electrons. The molecule has 0 bridgehead atoms. The van der Waals surface area contributed by atoms with Crippen molar-refractivity contribution in [1.82, 2.24) is 15.2 Å². The molecule has 1 N–H and O–H groups in total. The molecule has 4 rings (SSSR count). The second-order valence-electron chi connectivity index (χ2n) is 7.83. The van der Waals surface area contributed by atoms with Crippen LogP contribution < -0.4 is 5.32 Å². The van der Waals surface area contributed by atoms with E-state index in [-0.39, 0.29) is 18.1 Å². The van der Waals surface area contributed by atoms with E-state index in [1.54, 1.807) is 36.4 Å². The molecule has 1 aromatic heterocycles. The van der Waals surface area contributed by atoms with Gasteiger partial charge in [-0.1, -0.05) is 48.5 Å². The van der Waals surface area contributed by atoms with Crippen molar-refractivity contribution in [1.29, 1.82) is 0 Å². The summed E-state index contributed by atoms with van der Waals surface area (Å²) in [4.78, 5) is 44.7. The van der Waals surface area contributed by atoms with Crippen LogP contribution in [0.4, 0.5) is 0 Å². The fraction of sp³-hybridized carbons (Fsp3) is 0.231. The summed E-state index contributed by atoms with van der Waals surface area (Å²) >= 11 is 0. The number of pyridine rings is 1. The Balaban J connectivity index is 1.54. The van der Waals surface area contributed by atoms with Crippen LogP contribution in [0.3, 0.4) is 0 Å². The van der Waals surface area contributed by atoms with Crippen LogP contribution in [0.25, 0.3) is 0 Å². The van der Waals surface area contributed by atoms with Crippen molar-refractivity contribution in [2.45, 2.75) is 32.5 Å². The first-order valence-corrected chi connectivity index (χ1v) is 10.9. The first-order valence-electron chi connectivity index (χ1n) is 10.9. The van der Waals surface area contributed by atoms with Gasteiger partial charge in [0.2, 0.25) is 0 Å². The van der Waals surface area contributed by atoms with Crippen molar-refractivity contribution in [2.75, 3.05) is 6.61 Å². The molecule has 2 amide bonds. The lowest BCUT2D eigenvalue weighted by atomic mass is 10.0. The van der Waals surface area contributed by atoms with Gasteiger partial charge in [0, 0.05) is 31.9 Å². The fourth-order valence-electron chi connectivity index (χ4n) is 3.97. The number of carbonyl (C=O) groups is 3. The Kier molecular flexibility index (Phi) is 6.78. The summed E-state index contributed by atoms with van der Waals surface area (Å²) in [6, 6.07) is 17.5. The standard InChI is InChI=1S/C26H25N3O4/c1-2-33-26(32)22(14-18-8-4-3-5-9-18)28-24(30)21-12-6-11-20-17-29(25(31)23(20)21)16-19-10-7-13-27-15-19/h3-13,15,22H,2,14,16-17H2,1H3,(H,28,30). The molecular formula is C26H25N3O4. The number of carbonyl (C=O) groups excluding carboxylic acids is 3. The number of ether oxygens (including phenoxy) is 1. The third-order valence-electron chi connectivity index (χ3n) is 5.51. The van der Waals surface area contributed by atoms with Crippen molar-refractivity contribution in [3.8, 4) is 0 Å². The lowest BCUT2D eigenvalue weighted by Crippen LogP contribution is -2.43. The zero-order valence-corrected chi connectivity index (χ0v) is 18.4. The predicted octanol–water partition coefficient (Wildman–Crippen LogP) is 3.14. The summed E-state index contributed by atoms with van der Waals surface area (Å²) in [7, 11) is 0. The number of hydrogen-bond donors (Lipinski definition) is 1. The minimum absolute atomic E-state index is 0.211. The third kappa shape index (κ3) is 5.09. The molecule has 2 aromatic carbocycles. The smallest absolute Gasteiger partial charge is 0.328 e. The van der Waals surface area contributed by atoms with Gasteiger partial charge in [-0.25, -0.2) is 4.79 Å². The number of hydrogen-bond acceptors (Lipinski definition) is 5. The molecule has 0 aliphatic carbocycles. The molecule has 1 unspecified atom stereocenters. The lowest BCUT2D eigenvalue weighted by Gasteiger charge is -2.18. The fourth-order valence-corrected chi connectivity index (χ4v) is 3.97. The van der Waals surface area contributed by atoms with Crippen LogP contribution >= 0.6 is 0 Å². The highest BCUT2D eigenvalue weighted by atomic mass is 16.5. The number of amides is 2. The van der Waals surface area contributed by atoms with E-state index >= 15 is 0 Å². The Labute approximate surface area is 192 Å². The number of aromatic nitrogens is 1. The Hall–Kier alpha value is -4.00. The quantitative estimate of drug-likeness (QED) is 0.541. The first kappa shape index (κ1) is 22.2. The summed E-state index contributed by atoms with van der Waals surface area (Å²) in [6.45, 7) is 2.75. The van der Waals surface area contributed by atoms with E-state index < -0.39 is 17.9 Å². The van der Waals surface area contributed by atoms with Gasteiger partial charge in [-0.15, -0.1) is 0 Å². The van der Waals surface area contributed by atoms with Gasteiger partial charge in [-0.05, 0) is 35.7 Å². The number of benzene rings is 2. The van der Waals surface area contributed by atoms with Gasteiger partial charge in [-0.3, -0.25) is 14.6 Å². The van der Waals surface area contributed by atoms with E-state index in [1.807, 2.05) is 48.5 Å². The van der Waals surface area contributed by atoms with E-state index in [4.69, 9.17) is 4.74 Å². The monoisotopic (exact) mass is 443 g/mol. The first-order chi connectivity index (χ1) is 16.1. The van der Waals surface area contributed by atoms with Crippen LogP contribution in [-0.4, -0.2) is 40.3 Å². The van der Waals surface area contributed by atoms with Crippen LogP contribution in [0.5, 0.6) is 0 Å². The molecule has 0 fully saturated rings. The maximum absolute atomic E-state index is 13.2. The topological polar surface area (TPSA) is 88.6 Å². The zero-order valence-electron chi connectivity index (χ0n) is 18.4. The molecule has 0 saturated heterocycles. The van der Waals surface area contributed by atoms with Crippen molar-refractivity contribution >= 4 is 17.8 Å². The highest BCUT2D eigenvalue weighted by Crippen LogP contribution is 2.27. The molecular weight excluding hydrogens is 418 g/mol. The minimum atomic E-state index is -0.862. The van der Waals surface area contributed by atoms with Crippen LogP contribution in [0.1, 0.15) is 44.3 Å². The van der Waals surface area contributed by atoms with Crippen molar-refractivity contribution < 1.29 is 19.1 Å². The van der Waals surface area contributed by atoms with E-state index in [1.165, 1.54) is 0 Å². The molecule has 7 heteroatoms. The summed E-state index contributed by atoms with van der Waals surface area (Å²) in [6.07, 6.45) is 3.70. The van der Waals surface area contributed by atoms with Gasteiger partial charge in [0.05, 0.1) is 17.7 Å². The SMILES string of the molecule is CCOC(=O)C(Cc1ccccc1)NC(=O)c1cccc2c1C(=O)N(Cc1cccnc1)C2. The molecule has 3 aromatic rings. The molecule has 33 heavy (non-hydrogen) atoms. The Morgan fingerprint density at radius 3 is 2.58 bits per heavy atom. The molecule has 0 saturated carbocycles. The van der Waals surface area contributed by atoms with Gasteiger partial charge in [0.15, 0.2) is 0 Å². The normalized spacial score (nSPS) is 13.4. The second-order valence-corrected chi connectivity index (χ2v) is 7.83. The molecule has 2 heterocycles. The van der Waals surface area contributed by atoms with Crippen molar-refractivity contribution in [2.24, 2.45) is 0 Å². The van der Waals surface area contributed by atoms with Crippen LogP contribution in [0.15, 0.2) is 73.1 Å². The summed E-state index contributed by atoms with van der Waals surface area (Å²) < 4.78 is 5.18. The van der Waals surface area contributed by atoms with E-state index in [2.05, 4.69) is 10.3 Å². The average molecular weight is 444 g/mol.